The molecule has 1 aliphatic rings. The molecule has 33 heavy (non-hydrogen) atoms. The van der Waals surface area contributed by atoms with Crippen LogP contribution in [0.2, 0.25) is 0 Å². The maximum Gasteiger partial charge on any atom is 0.316 e. The number of carbonyl (C=O) groups is 1. The van der Waals surface area contributed by atoms with Gasteiger partial charge in [-0.25, -0.2) is 4.98 Å². The van der Waals surface area contributed by atoms with Crippen LogP contribution in [-0.4, -0.2) is 57.9 Å². The van der Waals surface area contributed by atoms with E-state index in [9.17, 15) is 4.79 Å². The number of fused-ring (bicyclic) bond motifs is 2. The van der Waals surface area contributed by atoms with Crippen molar-refractivity contribution in [3.8, 4) is 6.01 Å². The first-order valence-corrected chi connectivity index (χ1v) is 11.0. The van der Waals surface area contributed by atoms with Gasteiger partial charge in [-0.1, -0.05) is 0 Å². The molecule has 2 aromatic heterocycles. The molecular weight excluding hydrogens is 418 g/mol. The lowest BCUT2D eigenvalue weighted by atomic mass is 10.0. The summed E-state index contributed by atoms with van der Waals surface area (Å²) in [6, 6.07) is 10.4. The highest BCUT2D eigenvalue weighted by molar-refractivity contribution is 6.14. The molecule has 1 saturated heterocycles. The van der Waals surface area contributed by atoms with Crippen molar-refractivity contribution in [3.63, 3.8) is 0 Å². The van der Waals surface area contributed by atoms with Gasteiger partial charge in [-0.3, -0.25) is 9.48 Å². The summed E-state index contributed by atoms with van der Waals surface area (Å²) in [6.45, 7) is 6.07. The van der Waals surface area contributed by atoms with Gasteiger partial charge in [0.15, 0.2) is 0 Å². The summed E-state index contributed by atoms with van der Waals surface area (Å²) in [5.41, 5.74) is 3.54. The zero-order valence-electron chi connectivity index (χ0n) is 19.2. The lowest BCUT2D eigenvalue weighted by Crippen LogP contribution is -2.54. The number of ether oxygens (including phenoxy) is 1. The number of nitrogens with zero attached hydrogens (tertiary/aromatic N) is 5. The summed E-state index contributed by atoms with van der Waals surface area (Å²) >= 11 is 0. The minimum absolute atomic E-state index is 0.227. The number of methoxy groups -OCH3 is 1. The molecule has 0 radical (unpaired) electrons. The molecule has 0 unspecified atom stereocenters. The lowest BCUT2D eigenvalue weighted by molar-refractivity contribution is 0.102. The van der Waals surface area contributed by atoms with E-state index in [0.29, 0.717) is 28.9 Å². The standard InChI is InChI=1S/C24H27N7O2/c1-14-11-31(12-15(2)26-14)21-8-7-18(22-19(21)10-25-24(28-22)33-4)23(32)27-17-6-5-16-13-30(3)29-20(16)9-17/h5-10,13-15,26H,11-12H2,1-4H3,(H,27,32)/t14-,15-/m1/s1. The number of hydrogen-bond donors (Lipinski definition) is 2. The van der Waals surface area contributed by atoms with Crippen LogP contribution in [-0.2, 0) is 7.05 Å². The van der Waals surface area contributed by atoms with Crippen LogP contribution < -0.4 is 20.3 Å². The van der Waals surface area contributed by atoms with Crippen LogP contribution in [0, 0.1) is 0 Å². The molecule has 0 aliphatic carbocycles. The van der Waals surface area contributed by atoms with Crippen LogP contribution in [0.5, 0.6) is 6.01 Å². The van der Waals surface area contributed by atoms with E-state index in [1.807, 2.05) is 43.6 Å². The number of carbonyl (C=O) groups excluding carboxylic acids is 1. The third kappa shape index (κ3) is 4.07. The van der Waals surface area contributed by atoms with E-state index in [-0.39, 0.29) is 11.9 Å². The molecule has 2 N–H and O–H groups in total. The van der Waals surface area contributed by atoms with E-state index in [0.717, 1.165) is 35.1 Å². The molecule has 170 valence electrons. The Morgan fingerprint density at radius 1 is 1.18 bits per heavy atom. The van der Waals surface area contributed by atoms with Gasteiger partial charge in [0.2, 0.25) is 0 Å². The van der Waals surface area contributed by atoms with E-state index >= 15 is 0 Å². The van der Waals surface area contributed by atoms with Crippen LogP contribution in [0.1, 0.15) is 24.2 Å². The van der Waals surface area contributed by atoms with Gasteiger partial charge in [0, 0.05) is 66.8 Å². The Kier molecular flexibility index (Phi) is 5.33. The van der Waals surface area contributed by atoms with Crippen LogP contribution >= 0.6 is 0 Å². The number of nitrogens with one attached hydrogen (secondary N) is 2. The summed E-state index contributed by atoms with van der Waals surface area (Å²) in [5, 5.41) is 12.8. The Hall–Kier alpha value is -3.72. The number of hydrogen-bond acceptors (Lipinski definition) is 7. The Labute approximate surface area is 191 Å². The second-order valence-corrected chi connectivity index (χ2v) is 8.66. The van der Waals surface area contributed by atoms with Gasteiger partial charge in [-0.15, -0.1) is 0 Å². The SMILES string of the molecule is COc1ncc2c(N3C[C@@H](C)N[C@H](C)C3)ccc(C(=O)Nc3ccc4cn(C)nc4c3)c2n1. The molecule has 2 atom stereocenters. The maximum absolute atomic E-state index is 13.3. The molecule has 9 nitrogen and oxygen atoms in total. The van der Waals surface area contributed by atoms with Crippen LogP contribution in [0.25, 0.3) is 21.8 Å². The van der Waals surface area contributed by atoms with Crippen molar-refractivity contribution in [1.29, 1.82) is 0 Å². The predicted molar refractivity (Wildman–Crippen MR) is 129 cm³/mol. The number of anilines is 2. The topological polar surface area (TPSA) is 97.2 Å². The molecule has 0 spiro atoms. The Balaban J connectivity index is 1.53. The predicted octanol–water partition coefficient (Wildman–Crippen LogP) is 2.96. The molecular formula is C24H27N7O2. The van der Waals surface area contributed by atoms with E-state index in [1.165, 1.54) is 7.11 Å². The zero-order chi connectivity index (χ0) is 23.1. The van der Waals surface area contributed by atoms with Gasteiger partial charge in [0.1, 0.15) is 0 Å². The molecule has 5 rings (SSSR count). The fourth-order valence-electron chi connectivity index (χ4n) is 4.59. The Morgan fingerprint density at radius 3 is 2.73 bits per heavy atom. The second-order valence-electron chi connectivity index (χ2n) is 8.66. The van der Waals surface area contributed by atoms with Crippen molar-refractivity contribution in [2.45, 2.75) is 25.9 Å². The molecule has 0 bridgehead atoms. The zero-order valence-corrected chi connectivity index (χ0v) is 19.2. The number of rotatable bonds is 4. The monoisotopic (exact) mass is 445 g/mol. The van der Waals surface area contributed by atoms with Gasteiger partial charge in [-0.05, 0) is 44.2 Å². The number of piperazine rings is 1. The van der Waals surface area contributed by atoms with Crippen molar-refractivity contribution < 1.29 is 9.53 Å². The van der Waals surface area contributed by atoms with Crippen molar-refractivity contribution in [3.05, 3.63) is 48.3 Å². The van der Waals surface area contributed by atoms with E-state index < -0.39 is 0 Å². The normalized spacial score (nSPS) is 18.6. The summed E-state index contributed by atoms with van der Waals surface area (Å²) in [7, 11) is 3.39. The molecule has 3 heterocycles. The highest BCUT2D eigenvalue weighted by atomic mass is 16.5. The summed E-state index contributed by atoms with van der Waals surface area (Å²) in [4.78, 5) is 24.5. The van der Waals surface area contributed by atoms with Crippen LogP contribution in [0.3, 0.4) is 0 Å². The fourth-order valence-corrected chi connectivity index (χ4v) is 4.59. The van der Waals surface area contributed by atoms with E-state index in [2.05, 4.69) is 44.4 Å². The molecule has 1 fully saturated rings. The molecule has 1 aliphatic heterocycles. The fraction of sp³-hybridized carbons (Fsp3) is 0.333. The number of aryl methyl sites for hydroxylation is 1. The van der Waals surface area contributed by atoms with Gasteiger partial charge >= 0.3 is 6.01 Å². The highest BCUT2D eigenvalue weighted by Crippen LogP contribution is 2.31. The van der Waals surface area contributed by atoms with Gasteiger partial charge in [0.05, 0.1) is 23.7 Å². The number of amides is 1. The highest BCUT2D eigenvalue weighted by Gasteiger charge is 2.24. The number of aromatic nitrogens is 4. The molecule has 1 amide bonds. The van der Waals surface area contributed by atoms with Crippen LogP contribution in [0.15, 0.2) is 42.7 Å². The third-order valence-corrected chi connectivity index (χ3v) is 5.91. The van der Waals surface area contributed by atoms with Crippen molar-refractivity contribution in [1.82, 2.24) is 25.1 Å². The molecule has 2 aromatic carbocycles. The van der Waals surface area contributed by atoms with Gasteiger partial charge in [-0.2, -0.15) is 10.1 Å². The second kappa shape index (κ2) is 8.32. The first-order valence-electron chi connectivity index (χ1n) is 11.0. The van der Waals surface area contributed by atoms with Crippen molar-refractivity contribution in [2.75, 3.05) is 30.4 Å². The Morgan fingerprint density at radius 2 is 1.97 bits per heavy atom. The van der Waals surface area contributed by atoms with Gasteiger partial charge < -0.3 is 20.3 Å². The summed E-state index contributed by atoms with van der Waals surface area (Å²) < 4.78 is 7.01. The maximum atomic E-state index is 13.3. The Bertz CT molecular complexity index is 1340. The third-order valence-electron chi connectivity index (χ3n) is 5.91. The van der Waals surface area contributed by atoms with E-state index in [1.54, 1.807) is 10.9 Å². The smallest absolute Gasteiger partial charge is 0.316 e. The quantitative estimate of drug-likeness (QED) is 0.498. The largest absolute Gasteiger partial charge is 0.467 e. The van der Waals surface area contributed by atoms with E-state index in [4.69, 9.17) is 4.74 Å². The van der Waals surface area contributed by atoms with Gasteiger partial charge in [0.25, 0.3) is 5.91 Å². The minimum atomic E-state index is -0.246. The van der Waals surface area contributed by atoms with Crippen LogP contribution in [0.4, 0.5) is 11.4 Å². The molecule has 4 aromatic rings. The molecule has 0 saturated carbocycles. The van der Waals surface area contributed by atoms with Crippen molar-refractivity contribution >= 4 is 39.1 Å². The average molecular weight is 446 g/mol. The summed E-state index contributed by atoms with van der Waals surface area (Å²) in [6.07, 6.45) is 3.68. The lowest BCUT2D eigenvalue weighted by Gasteiger charge is -2.38. The first kappa shape index (κ1) is 21.1. The minimum Gasteiger partial charge on any atom is -0.467 e. The first-order chi connectivity index (χ1) is 15.9. The van der Waals surface area contributed by atoms with Crippen molar-refractivity contribution in [2.24, 2.45) is 7.05 Å². The average Bonchev–Trinajstić information content (AvgIpc) is 3.16. The summed E-state index contributed by atoms with van der Waals surface area (Å²) in [5.74, 6) is -0.246. The number of benzene rings is 2. The molecule has 9 heteroatoms.